The second-order valence-corrected chi connectivity index (χ2v) is 6.12. The van der Waals surface area contributed by atoms with Crippen LogP contribution >= 0.6 is 11.6 Å². The minimum absolute atomic E-state index is 0.689. The van der Waals surface area contributed by atoms with Crippen molar-refractivity contribution < 1.29 is 0 Å². The Kier molecular flexibility index (Phi) is 3.71. The number of aromatic nitrogens is 2. The predicted octanol–water partition coefficient (Wildman–Crippen LogP) is 5.71. The Morgan fingerprint density at radius 3 is 2.50 bits per heavy atom. The van der Waals surface area contributed by atoms with Crippen LogP contribution in [0.15, 0.2) is 72.9 Å². The largest absolute Gasteiger partial charge is 0.339 e. The number of hydrogen-bond donors (Lipinski definition) is 1. The van der Waals surface area contributed by atoms with Crippen molar-refractivity contribution in [3.63, 3.8) is 0 Å². The van der Waals surface area contributed by atoms with Crippen molar-refractivity contribution in [2.24, 2.45) is 0 Å². The second kappa shape index (κ2) is 6.02. The average Bonchev–Trinajstić information content (AvgIpc) is 2.93. The Labute approximate surface area is 145 Å². The number of pyridine rings is 1. The molecule has 0 fully saturated rings. The topological polar surface area (TPSA) is 29.3 Å². The highest BCUT2D eigenvalue weighted by Gasteiger charge is 2.16. The average molecular weight is 334 g/mol. The SMILES string of the molecule is Cc1ccn2c(Nc3ccccc3)c(-c3ccccc3Cl)nc2c1. The van der Waals surface area contributed by atoms with Crippen LogP contribution in [0.2, 0.25) is 5.02 Å². The molecule has 0 aliphatic carbocycles. The van der Waals surface area contributed by atoms with Gasteiger partial charge in [0.25, 0.3) is 0 Å². The highest BCUT2D eigenvalue weighted by atomic mass is 35.5. The smallest absolute Gasteiger partial charge is 0.143 e. The molecule has 3 nitrogen and oxygen atoms in total. The lowest BCUT2D eigenvalue weighted by Crippen LogP contribution is -1.97. The van der Waals surface area contributed by atoms with Gasteiger partial charge in [0, 0.05) is 17.4 Å². The summed E-state index contributed by atoms with van der Waals surface area (Å²) in [6.07, 6.45) is 2.03. The summed E-state index contributed by atoms with van der Waals surface area (Å²) in [7, 11) is 0. The first kappa shape index (κ1) is 14.8. The molecule has 0 radical (unpaired) electrons. The third-order valence-corrected chi connectivity index (χ3v) is 4.28. The number of fused-ring (bicyclic) bond motifs is 1. The maximum absolute atomic E-state index is 6.42. The molecule has 2 heterocycles. The van der Waals surface area contributed by atoms with Crippen LogP contribution in [0.1, 0.15) is 5.56 Å². The fourth-order valence-electron chi connectivity index (χ4n) is 2.77. The highest BCUT2D eigenvalue weighted by molar-refractivity contribution is 6.33. The maximum Gasteiger partial charge on any atom is 0.143 e. The summed E-state index contributed by atoms with van der Waals surface area (Å²) in [6, 6.07) is 22.0. The lowest BCUT2D eigenvalue weighted by Gasteiger charge is -2.09. The lowest BCUT2D eigenvalue weighted by molar-refractivity contribution is 1.17. The molecule has 4 aromatic rings. The quantitative estimate of drug-likeness (QED) is 0.520. The van der Waals surface area contributed by atoms with Gasteiger partial charge in [-0.05, 0) is 42.8 Å². The predicted molar refractivity (Wildman–Crippen MR) is 100 cm³/mol. The number of aryl methyl sites for hydroxylation is 1. The van der Waals surface area contributed by atoms with E-state index in [1.165, 1.54) is 5.56 Å². The lowest BCUT2D eigenvalue weighted by atomic mass is 10.1. The Morgan fingerprint density at radius 2 is 1.71 bits per heavy atom. The molecule has 118 valence electrons. The van der Waals surface area contributed by atoms with E-state index in [1.807, 2.05) is 60.8 Å². The maximum atomic E-state index is 6.42. The Balaban J connectivity index is 1.95. The molecule has 0 bridgehead atoms. The molecule has 2 aromatic heterocycles. The fourth-order valence-corrected chi connectivity index (χ4v) is 2.99. The third-order valence-electron chi connectivity index (χ3n) is 3.95. The fraction of sp³-hybridized carbons (Fsp3) is 0.0500. The summed E-state index contributed by atoms with van der Waals surface area (Å²) in [5.74, 6) is 0.907. The normalized spacial score (nSPS) is 10.9. The highest BCUT2D eigenvalue weighted by Crippen LogP contribution is 2.35. The standard InChI is InChI=1S/C20H16ClN3/c1-14-11-12-24-18(13-14)23-19(16-9-5-6-10-17(16)21)20(24)22-15-7-3-2-4-8-15/h2-13,22H,1H3. The number of nitrogens with one attached hydrogen (secondary N) is 1. The number of rotatable bonds is 3. The van der Waals surface area contributed by atoms with E-state index in [0.717, 1.165) is 28.4 Å². The first-order valence-electron chi connectivity index (χ1n) is 7.78. The van der Waals surface area contributed by atoms with Crippen LogP contribution in [0.4, 0.5) is 11.5 Å². The van der Waals surface area contributed by atoms with E-state index < -0.39 is 0 Å². The summed E-state index contributed by atoms with van der Waals surface area (Å²) < 4.78 is 2.05. The summed E-state index contributed by atoms with van der Waals surface area (Å²) in [4.78, 5) is 4.82. The van der Waals surface area contributed by atoms with Gasteiger partial charge < -0.3 is 5.32 Å². The molecule has 0 saturated heterocycles. The van der Waals surface area contributed by atoms with Gasteiger partial charge in [-0.1, -0.05) is 48.0 Å². The van der Waals surface area contributed by atoms with E-state index in [9.17, 15) is 0 Å². The summed E-state index contributed by atoms with van der Waals surface area (Å²) in [5, 5.41) is 4.17. The van der Waals surface area contributed by atoms with Crippen LogP contribution in [-0.2, 0) is 0 Å². The van der Waals surface area contributed by atoms with Crippen molar-refractivity contribution >= 4 is 28.8 Å². The summed E-state index contributed by atoms with van der Waals surface area (Å²) >= 11 is 6.42. The number of anilines is 2. The molecule has 0 saturated carbocycles. The van der Waals surface area contributed by atoms with Gasteiger partial charge in [-0.2, -0.15) is 0 Å². The minimum atomic E-state index is 0.689. The zero-order valence-electron chi connectivity index (χ0n) is 13.2. The molecule has 0 amide bonds. The van der Waals surface area contributed by atoms with Gasteiger partial charge in [0.15, 0.2) is 0 Å². The third kappa shape index (κ3) is 2.63. The van der Waals surface area contributed by atoms with E-state index in [4.69, 9.17) is 16.6 Å². The molecule has 1 N–H and O–H groups in total. The van der Waals surface area contributed by atoms with Gasteiger partial charge in [-0.3, -0.25) is 4.40 Å². The van der Waals surface area contributed by atoms with Crippen molar-refractivity contribution in [3.8, 4) is 11.3 Å². The van der Waals surface area contributed by atoms with E-state index in [-0.39, 0.29) is 0 Å². The van der Waals surface area contributed by atoms with Crippen LogP contribution in [0.25, 0.3) is 16.9 Å². The molecule has 0 aliphatic rings. The van der Waals surface area contributed by atoms with Crippen LogP contribution in [0.5, 0.6) is 0 Å². The number of hydrogen-bond acceptors (Lipinski definition) is 2. The second-order valence-electron chi connectivity index (χ2n) is 5.71. The molecule has 0 spiro atoms. The van der Waals surface area contributed by atoms with Gasteiger partial charge in [-0.25, -0.2) is 4.98 Å². The first-order valence-corrected chi connectivity index (χ1v) is 8.16. The van der Waals surface area contributed by atoms with E-state index in [1.54, 1.807) is 0 Å². The van der Waals surface area contributed by atoms with E-state index in [0.29, 0.717) is 5.02 Å². The Bertz CT molecular complexity index is 1010. The molecule has 2 aromatic carbocycles. The summed E-state index contributed by atoms with van der Waals surface area (Å²) in [6.45, 7) is 2.06. The van der Waals surface area contributed by atoms with Crippen LogP contribution < -0.4 is 5.32 Å². The first-order chi connectivity index (χ1) is 11.7. The molecule has 0 unspecified atom stereocenters. The molecule has 0 atom stereocenters. The van der Waals surface area contributed by atoms with E-state index in [2.05, 4.69) is 28.8 Å². The van der Waals surface area contributed by atoms with Crippen molar-refractivity contribution in [1.82, 2.24) is 9.38 Å². The van der Waals surface area contributed by atoms with Gasteiger partial charge in [0.1, 0.15) is 17.2 Å². The van der Waals surface area contributed by atoms with Gasteiger partial charge in [0.05, 0.1) is 5.02 Å². The van der Waals surface area contributed by atoms with Crippen LogP contribution in [0.3, 0.4) is 0 Å². The van der Waals surface area contributed by atoms with Crippen molar-refractivity contribution in [2.75, 3.05) is 5.32 Å². The summed E-state index contributed by atoms with van der Waals surface area (Å²) in [5.41, 5.74) is 4.83. The van der Waals surface area contributed by atoms with E-state index >= 15 is 0 Å². The number of para-hydroxylation sites is 1. The zero-order valence-corrected chi connectivity index (χ0v) is 14.0. The minimum Gasteiger partial charge on any atom is -0.339 e. The molecular formula is C20H16ClN3. The van der Waals surface area contributed by atoms with Crippen LogP contribution in [-0.4, -0.2) is 9.38 Å². The van der Waals surface area contributed by atoms with Crippen molar-refractivity contribution in [2.45, 2.75) is 6.92 Å². The number of nitrogens with zero attached hydrogens (tertiary/aromatic N) is 2. The van der Waals surface area contributed by atoms with Gasteiger partial charge in [-0.15, -0.1) is 0 Å². The zero-order chi connectivity index (χ0) is 16.5. The molecule has 4 rings (SSSR count). The number of imidazole rings is 1. The number of halogens is 1. The molecular weight excluding hydrogens is 318 g/mol. The van der Waals surface area contributed by atoms with Crippen LogP contribution in [0, 0.1) is 6.92 Å². The number of benzene rings is 2. The van der Waals surface area contributed by atoms with Crippen molar-refractivity contribution in [1.29, 1.82) is 0 Å². The monoisotopic (exact) mass is 333 g/mol. The molecule has 4 heteroatoms. The molecule has 0 aliphatic heterocycles. The van der Waals surface area contributed by atoms with Gasteiger partial charge in [0.2, 0.25) is 0 Å². The Morgan fingerprint density at radius 1 is 0.958 bits per heavy atom. The van der Waals surface area contributed by atoms with Gasteiger partial charge >= 0.3 is 0 Å². The molecule has 24 heavy (non-hydrogen) atoms. The van der Waals surface area contributed by atoms with Crippen molar-refractivity contribution in [3.05, 3.63) is 83.5 Å². The Hall–Kier alpha value is -2.78.